The summed E-state index contributed by atoms with van der Waals surface area (Å²) < 4.78 is 20.7. The number of aromatic nitrogens is 6. The van der Waals surface area contributed by atoms with E-state index in [2.05, 4.69) is 35.5 Å². The number of halogens is 1. The molecule has 3 heterocycles. The zero-order valence-electron chi connectivity index (χ0n) is 15.9. The lowest BCUT2D eigenvalue weighted by Crippen LogP contribution is -1.98. The molecule has 9 heteroatoms. The largest absolute Gasteiger partial charge is 0.452 e. The third-order valence-electron chi connectivity index (χ3n) is 4.99. The van der Waals surface area contributed by atoms with E-state index in [0.717, 1.165) is 22.0 Å². The van der Waals surface area contributed by atoms with Gasteiger partial charge in [-0.3, -0.25) is 5.10 Å². The van der Waals surface area contributed by atoms with Gasteiger partial charge in [0.25, 0.3) is 0 Å². The molecule has 0 aliphatic heterocycles. The van der Waals surface area contributed by atoms with Gasteiger partial charge in [-0.25, -0.2) is 19.3 Å². The highest BCUT2D eigenvalue weighted by Gasteiger charge is 2.14. The van der Waals surface area contributed by atoms with Crippen molar-refractivity contribution in [2.75, 3.05) is 5.32 Å². The molecule has 0 saturated carbocycles. The number of nitrogens with zero attached hydrogens (tertiary/aromatic N) is 4. The van der Waals surface area contributed by atoms with E-state index in [1.807, 2.05) is 30.3 Å². The maximum Gasteiger partial charge on any atom is 0.227 e. The molecule has 3 aromatic carbocycles. The van der Waals surface area contributed by atoms with E-state index >= 15 is 0 Å². The maximum atomic E-state index is 14.8. The van der Waals surface area contributed by atoms with Gasteiger partial charge >= 0.3 is 0 Å². The Morgan fingerprint density at radius 3 is 2.81 bits per heavy atom. The highest BCUT2D eigenvalue weighted by molar-refractivity contribution is 5.86. The van der Waals surface area contributed by atoms with Crippen LogP contribution in [-0.4, -0.2) is 30.1 Å². The molecular weight excluding hydrogens is 397 g/mol. The number of aromatic amines is 2. The summed E-state index contributed by atoms with van der Waals surface area (Å²) in [5.41, 5.74) is 3.10. The number of imidazole rings is 1. The predicted octanol–water partition coefficient (Wildman–Crippen LogP) is 5.06. The number of H-pyrrole nitrogens is 2. The molecule has 0 unspecified atom stereocenters. The molecule has 0 atom stereocenters. The fourth-order valence-electron chi connectivity index (χ4n) is 3.47. The highest BCUT2D eigenvalue weighted by atomic mass is 19.1. The second-order valence-electron chi connectivity index (χ2n) is 6.96. The van der Waals surface area contributed by atoms with Gasteiger partial charge in [-0.1, -0.05) is 12.1 Å². The summed E-state index contributed by atoms with van der Waals surface area (Å²) in [5, 5.41) is 11.9. The van der Waals surface area contributed by atoms with E-state index in [0.29, 0.717) is 22.7 Å². The Bertz CT molecular complexity index is 1570. The minimum atomic E-state index is -0.531. The number of rotatable bonds is 4. The van der Waals surface area contributed by atoms with Crippen LogP contribution in [-0.2, 0) is 0 Å². The lowest BCUT2D eigenvalue weighted by atomic mass is 10.2. The van der Waals surface area contributed by atoms with E-state index < -0.39 is 5.82 Å². The van der Waals surface area contributed by atoms with Crippen LogP contribution in [0.2, 0.25) is 0 Å². The van der Waals surface area contributed by atoms with Gasteiger partial charge in [0, 0.05) is 22.7 Å². The Morgan fingerprint density at radius 2 is 1.84 bits per heavy atom. The number of anilines is 2. The van der Waals surface area contributed by atoms with Crippen LogP contribution in [0.4, 0.5) is 16.0 Å². The topological polar surface area (TPSA) is 104 Å². The first kappa shape index (κ1) is 17.3. The fourth-order valence-corrected chi connectivity index (χ4v) is 3.47. The normalized spacial score (nSPS) is 11.4. The van der Waals surface area contributed by atoms with Gasteiger partial charge in [0.2, 0.25) is 5.95 Å². The van der Waals surface area contributed by atoms with Crippen LogP contribution in [0.15, 0.2) is 67.3 Å². The summed E-state index contributed by atoms with van der Waals surface area (Å²) >= 11 is 0. The molecule has 0 radical (unpaired) electrons. The number of benzene rings is 3. The van der Waals surface area contributed by atoms with Crippen LogP contribution in [0.25, 0.3) is 32.8 Å². The number of ether oxygens (including phenoxy) is 1. The maximum absolute atomic E-state index is 14.8. The third kappa shape index (κ3) is 2.99. The second kappa shape index (κ2) is 6.77. The zero-order chi connectivity index (χ0) is 20.8. The van der Waals surface area contributed by atoms with E-state index in [1.54, 1.807) is 30.6 Å². The van der Waals surface area contributed by atoms with Crippen molar-refractivity contribution in [1.29, 1.82) is 0 Å². The zero-order valence-corrected chi connectivity index (χ0v) is 15.9. The molecule has 0 aliphatic rings. The molecule has 0 fully saturated rings. The summed E-state index contributed by atoms with van der Waals surface area (Å²) in [6, 6.07) is 14.5. The quantitative estimate of drug-likeness (QED) is 0.375. The molecule has 150 valence electrons. The summed E-state index contributed by atoms with van der Waals surface area (Å²) in [6.45, 7) is 0. The molecule has 0 aliphatic carbocycles. The summed E-state index contributed by atoms with van der Waals surface area (Å²) in [4.78, 5) is 15.9. The minimum Gasteiger partial charge on any atom is -0.452 e. The fraction of sp³-hybridized carbons (Fsp3) is 0. The van der Waals surface area contributed by atoms with Crippen molar-refractivity contribution in [3.05, 3.63) is 73.1 Å². The molecule has 31 heavy (non-hydrogen) atoms. The SMILES string of the molecule is Fc1c(Oc2cccc3cnc(Nc4ccc5cn[nH]c5c4)nc23)ccc2[nH]cnc12. The smallest absolute Gasteiger partial charge is 0.227 e. The van der Waals surface area contributed by atoms with Gasteiger partial charge in [0.05, 0.1) is 23.6 Å². The highest BCUT2D eigenvalue weighted by Crippen LogP contribution is 2.33. The average molecular weight is 411 g/mol. The van der Waals surface area contributed by atoms with Crippen molar-refractivity contribution in [2.45, 2.75) is 0 Å². The second-order valence-corrected chi connectivity index (χ2v) is 6.96. The number of hydrogen-bond donors (Lipinski definition) is 3. The van der Waals surface area contributed by atoms with Gasteiger partial charge in [-0.15, -0.1) is 0 Å². The van der Waals surface area contributed by atoms with Crippen LogP contribution < -0.4 is 10.1 Å². The first-order valence-electron chi connectivity index (χ1n) is 9.50. The Labute approximate surface area is 174 Å². The summed E-state index contributed by atoms with van der Waals surface area (Å²) in [7, 11) is 0. The molecule has 0 amide bonds. The van der Waals surface area contributed by atoms with Crippen molar-refractivity contribution in [3.8, 4) is 11.5 Å². The monoisotopic (exact) mass is 411 g/mol. The van der Waals surface area contributed by atoms with Crippen molar-refractivity contribution < 1.29 is 9.13 Å². The van der Waals surface area contributed by atoms with Gasteiger partial charge in [0.1, 0.15) is 11.0 Å². The Morgan fingerprint density at radius 1 is 0.871 bits per heavy atom. The molecule has 0 spiro atoms. The predicted molar refractivity (Wildman–Crippen MR) is 115 cm³/mol. The minimum absolute atomic E-state index is 0.0740. The lowest BCUT2D eigenvalue weighted by Gasteiger charge is -2.11. The van der Waals surface area contributed by atoms with Gasteiger partial charge in [0.15, 0.2) is 17.3 Å². The van der Waals surface area contributed by atoms with Gasteiger partial charge in [-0.05, 0) is 36.4 Å². The molecule has 0 saturated heterocycles. The van der Waals surface area contributed by atoms with Crippen molar-refractivity contribution in [1.82, 2.24) is 30.1 Å². The molecule has 6 aromatic rings. The lowest BCUT2D eigenvalue weighted by molar-refractivity contribution is 0.449. The number of hydrogen-bond acceptors (Lipinski definition) is 6. The van der Waals surface area contributed by atoms with E-state index in [4.69, 9.17) is 4.74 Å². The van der Waals surface area contributed by atoms with Crippen LogP contribution in [0.1, 0.15) is 0 Å². The molecule has 0 bridgehead atoms. The average Bonchev–Trinajstić information content (AvgIpc) is 3.45. The van der Waals surface area contributed by atoms with E-state index in [9.17, 15) is 4.39 Å². The van der Waals surface area contributed by atoms with E-state index in [-0.39, 0.29) is 11.3 Å². The van der Waals surface area contributed by atoms with Gasteiger partial charge in [-0.2, -0.15) is 5.10 Å². The first-order chi connectivity index (χ1) is 15.2. The number of nitrogens with one attached hydrogen (secondary N) is 3. The first-order valence-corrected chi connectivity index (χ1v) is 9.50. The van der Waals surface area contributed by atoms with Gasteiger partial charge < -0.3 is 15.0 Å². The molecular formula is C22H14FN7O. The Balaban J connectivity index is 1.38. The third-order valence-corrected chi connectivity index (χ3v) is 4.99. The van der Waals surface area contributed by atoms with Crippen LogP contribution in [0.3, 0.4) is 0 Å². The molecule has 3 aromatic heterocycles. The Kier molecular flexibility index (Phi) is 3.79. The summed E-state index contributed by atoms with van der Waals surface area (Å²) in [6.07, 6.45) is 4.90. The van der Waals surface area contributed by atoms with Crippen LogP contribution in [0, 0.1) is 5.82 Å². The molecule has 3 N–H and O–H groups in total. The van der Waals surface area contributed by atoms with Crippen molar-refractivity contribution in [2.24, 2.45) is 0 Å². The van der Waals surface area contributed by atoms with Crippen LogP contribution >= 0.6 is 0 Å². The number of para-hydroxylation sites is 1. The van der Waals surface area contributed by atoms with Crippen LogP contribution in [0.5, 0.6) is 11.5 Å². The molecule has 6 rings (SSSR count). The van der Waals surface area contributed by atoms with E-state index in [1.165, 1.54) is 6.33 Å². The number of fused-ring (bicyclic) bond motifs is 3. The molecule has 8 nitrogen and oxygen atoms in total. The van der Waals surface area contributed by atoms with Crippen molar-refractivity contribution >= 4 is 44.5 Å². The Hall–Kier alpha value is -4.53. The van der Waals surface area contributed by atoms with Crippen molar-refractivity contribution in [3.63, 3.8) is 0 Å². The standard InChI is InChI=1S/C22H14FN7O/c23-19-17(7-6-15-21(19)26-11-25-15)31-18-3-1-2-13-9-24-22(29-20(13)18)28-14-5-4-12-10-27-30-16(12)8-14/h1-11H,(H,25,26)(H,27,30)(H,24,28,29). The summed E-state index contributed by atoms with van der Waals surface area (Å²) in [5.74, 6) is 0.354.